The van der Waals surface area contributed by atoms with Gasteiger partial charge in [0.25, 0.3) is 0 Å². The molecule has 2 aromatic rings. The summed E-state index contributed by atoms with van der Waals surface area (Å²) in [6.45, 7) is -0.0896. The van der Waals surface area contributed by atoms with Crippen LogP contribution in [0.25, 0.3) is 10.8 Å². The van der Waals surface area contributed by atoms with Crippen LogP contribution in [0.3, 0.4) is 0 Å². The molecule has 0 amide bonds. The van der Waals surface area contributed by atoms with Crippen molar-refractivity contribution in [2.45, 2.75) is 6.61 Å². The van der Waals surface area contributed by atoms with Gasteiger partial charge in [-0.3, -0.25) is 0 Å². The summed E-state index contributed by atoms with van der Waals surface area (Å²) < 4.78 is 0. The van der Waals surface area contributed by atoms with Gasteiger partial charge in [0.05, 0.1) is 12.2 Å². The summed E-state index contributed by atoms with van der Waals surface area (Å²) in [7, 11) is 0. The van der Waals surface area contributed by atoms with Gasteiger partial charge in [-0.1, -0.05) is 36.4 Å². The topological polar surface area (TPSA) is 44.0 Å². The Morgan fingerprint density at radius 1 is 1.14 bits per heavy atom. The van der Waals surface area contributed by atoms with Crippen LogP contribution in [0.2, 0.25) is 0 Å². The minimum Gasteiger partial charge on any atom is -0.392 e. The Morgan fingerprint density at radius 3 is 2.64 bits per heavy atom. The molecule has 14 heavy (non-hydrogen) atoms. The third-order valence-corrected chi connectivity index (χ3v) is 2.30. The van der Waals surface area contributed by atoms with Gasteiger partial charge < -0.3 is 5.11 Å². The van der Waals surface area contributed by atoms with Crippen LogP contribution in [0, 0.1) is 11.3 Å². The van der Waals surface area contributed by atoms with Gasteiger partial charge in [-0.15, -0.1) is 0 Å². The summed E-state index contributed by atoms with van der Waals surface area (Å²) >= 11 is 0. The maximum Gasteiger partial charge on any atom is 0.100 e. The minimum absolute atomic E-state index is 0.0896. The summed E-state index contributed by atoms with van der Waals surface area (Å²) in [5.74, 6) is 0. The third-order valence-electron chi connectivity index (χ3n) is 2.30. The van der Waals surface area contributed by atoms with Gasteiger partial charge in [-0.2, -0.15) is 5.26 Å². The monoisotopic (exact) mass is 183 g/mol. The molecule has 68 valence electrons. The molecular formula is C12H9NO. The zero-order chi connectivity index (χ0) is 9.97. The van der Waals surface area contributed by atoms with E-state index in [1.807, 2.05) is 30.3 Å². The van der Waals surface area contributed by atoms with Crippen LogP contribution < -0.4 is 0 Å². The van der Waals surface area contributed by atoms with E-state index in [0.717, 1.165) is 10.8 Å². The first-order valence-corrected chi connectivity index (χ1v) is 4.38. The lowest BCUT2D eigenvalue weighted by atomic mass is 10.0. The molecule has 0 saturated heterocycles. The molecule has 0 atom stereocenters. The highest BCUT2D eigenvalue weighted by molar-refractivity contribution is 5.88. The molecule has 2 rings (SSSR count). The Morgan fingerprint density at radius 2 is 1.93 bits per heavy atom. The van der Waals surface area contributed by atoms with E-state index in [1.165, 1.54) is 0 Å². The third kappa shape index (κ3) is 1.24. The van der Waals surface area contributed by atoms with E-state index in [1.54, 1.807) is 6.07 Å². The normalized spacial score (nSPS) is 10.0. The van der Waals surface area contributed by atoms with E-state index < -0.39 is 0 Å². The Labute approximate surface area is 82.0 Å². The van der Waals surface area contributed by atoms with Crippen LogP contribution >= 0.6 is 0 Å². The SMILES string of the molecule is N#Cc1c(CO)ccc2ccccc12. The highest BCUT2D eigenvalue weighted by Crippen LogP contribution is 2.21. The average molecular weight is 183 g/mol. The summed E-state index contributed by atoms with van der Waals surface area (Å²) in [4.78, 5) is 0. The van der Waals surface area contributed by atoms with E-state index in [2.05, 4.69) is 6.07 Å². The summed E-state index contributed by atoms with van der Waals surface area (Å²) in [5, 5.41) is 20.0. The molecule has 0 aromatic heterocycles. The Bertz CT molecular complexity index is 511. The fourth-order valence-electron chi connectivity index (χ4n) is 1.58. The molecular weight excluding hydrogens is 174 g/mol. The molecule has 0 spiro atoms. The number of fused-ring (bicyclic) bond motifs is 1. The second-order valence-electron chi connectivity index (χ2n) is 3.09. The van der Waals surface area contributed by atoms with Gasteiger partial charge >= 0.3 is 0 Å². The fourth-order valence-corrected chi connectivity index (χ4v) is 1.58. The first-order chi connectivity index (χ1) is 6.86. The largest absolute Gasteiger partial charge is 0.392 e. The lowest BCUT2D eigenvalue weighted by Crippen LogP contribution is -1.90. The van der Waals surface area contributed by atoms with Crippen LogP contribution in [0.1, 0.15) is 11.1 Å². The van der Waals surface area contributed by atoms with Crippen molar-refractivity contribution in [3.8, 4) is 6.07 Å². The van der Waals surface area contributed by atoms with Crippen LogP contribution in [0.4, 0.5) is 0 Å². The molecule has 0 unspecified atom stereocenters. The highest BCUT2D eigenvalue weighted by Gasteiger charge is 2.04. The smallest absolute Gasteiger partial charge is 0.100 e. The maximum atomic E-state index is 9.06. The first kappa shape index (κ1) is 8.74. The van der Waals surface area contributed by atoms with Crippen molar-refractivity contribution in [1.82, 2.24) is 0 Å². The molecule has 1 N–H and O–H groups in total. The van der Waals surface area contributed by atoms with E-state index in [4.69, 9.17) is 10.4 Å². The highest BCUT2D eigenvalue weighted by atomic mass is 16.3. The van der Waals surface area contributed by atoms with Crippen molar-refractivity contribution in [2.24, 2.45) is 0 Å². The zero-order valence-electron chi connectivity index (χ0n) is 7.57. The second-order valence-corrected chi connectivity index (χ2v) is 3.09. The number of benzene rings is 2. The molecule has 2 nitrogen and oxygen atoms in total. The summed E-state index contributed by atoms with van der Waals surface area (Å²) in [6.07, 6.45) is 0. The van der Waals surface area contributed by atoms with E-state index >= 15 is 0 Å². The quantitative estimate of drug-likeness (QED) is 0.736. The van der Waals surface area contributed by atoms with E-state index in [-0.39, 0.29) is 6.61 Å². The van der Waals surface area contributed by atoms with Crippen molar-refractivity contribution in [3.05, 3.63) is 47.5 Å². The van der Waals surface area contributed by atoms with Gasteiger partial charge in [0.2, 0.25) is 0 Å². The number of hydrogen-bond acceptors (Lipinski definition) is 2. The van der Waals surface area contributed by atoms with Crippen molar-refractivity contribution in [1.29, 1.82) is 5.26 Å². The van der Waals surface area contributed by atoms with Gasteiger partial charge in [0.1, 0.15) is 6.07 Å². The van der Waals surface area contributed by atoms with Crippen LogP contribution in [-0.2, 0) is 6.61 Å². The number of hydrogen-bond donors (Lipinski definition) is 1. The lowest BCUT2D eigenvalue weighted by Gasteiger charge is -2.04. The lowest BCUT2D eigenvalue weighted by molar-refractivity contribution is 0.281. The second kappa shape index (κ2) is 3.49. The van der Waals surface area contributed by atoms with Crippen LogP contribution in [-0.4, -0.2) is 5.11 Å². The molecule has 0 aliphatic rings. The molecule has 0 bridgehead atoms. The Hall–Kier alpha value is -1.85. The van der Waals surface area contributed by atoms with Gasteiger partial charge in [-0.05, 0) is 16.3 Å². The van der Waals surface area contributed by atoms with Crippen molar-refractivity contribution in [3.63, 3.8) is 0 Å². The number of aliphatic hydroxyl groups excluding tert-OH is 1. The van der Waals surface area contributed by atoms with Crippen molar-refractivity contribution >= 4 is 10.8 Å². The Balaban J connectivity index is 2.85. The molecule has 0 saturated carbocycles. The number of nitrogens with zero attached hydrogens (tertiary/aromatic N) is 1. The molecule has 0 radical (unpaired) electrons. The first-order valence-electron chi connectivity index (χ1n) is 4.38. The van der Waals surface area contributed by atoms with Crippen LogP contribution in [0.5, 0.6) is 0 Å². The van der Waals surface area contributed by atoms with Crippen molar-refractivity contribution in [2.75, 3.05) is 0 Å². The maximum absolute atomic E-state index is 9.06. The van der Waals surface area contributed by atoms with Gasteiger partial charge in [0, 0.05) is 0 Å². The Kier molecular flexibility index (Phi) is 2.18. The molecule has 2 heteroatoms. The molecule has 0 aliphatic heterocycles. The summed E-state index contributed by atoms with van der Waals surface area (Å²) in [6, 6.07) is 13.5. The van der Waals surface area contributed by atoms with Gasteiger partial charge in [-0.25, -0.2) is 0 Å². The molecule has 0 fully saturated rings. The van der Waals surface area contributed by atoms with Crippen molar-refractivity contribution < 1.29 is 5.11 Å². The molecule has 2 aromatic carbocycles. The van der Waals surface area contributed by atoms with Crippen LogP contribution in [0.15, 0.2) is 36.4 Å². The number of nitriles is 1. The van der Waals surface area contributed by atoms with E-state index in [0.29, 0.717) is 11.1 Å². The number of aliphatic hydroxyl groups is 1. The molecule has 0 aliphatic carbocycles. The standard InChI is InChI=1S/C12H9NO/c13-7-12-10(8-14)6-5-9-3-1-2-4-11(9)12/h1-6,14H,8H2. The predicted molar refractivity (Wildman–Crippen MR) is 54.6 cm³/mol. The minimum atomic E-state index is -0.0896. The number of rotatable bonds is 1. The predicted octanol–water partition coefficient (Wildman–Crippen LogP) is 2.20. The average Bonchev–Trinajstić information content (AvgIpc) is 2.27. The zero-order valence-corrected chi connectivity index (χ0v) is 7.57. The fraction of sp³-hybridized carbons (Fsp3) is 0.0833. The molecule has 0 heterocycles. The van der Waals surface area contributed by atoms with E-state index in [9.17, 15) is 0 Å². The summed E-state index contributed by atoms with van der Waals surface area (Å²) in [5.41, 5.74) is 1.26. The van der Waals surface area contributed by atoms with Gasteiger partial charge in [0.15, 0.2) is 0 Å².